The van der Waals surface area contributed by atoms with Crippen LogP contribution in [0.3, 0.4) is 0 Å². The van der Waals surface area contributed by atoms with Gasteiger partial charge in [-0.05, 0) is 24.3 Å². The molecule has 3 aromatic rings. The van der Waals surface area contributed by atoms with Crippen LogP contribution in [0.4, 0.5) is 10.3 Å². The standard InChI is InChI=1S/C18H15FN4O2/c1-23(11-13-4-2-3-5-14(13)19)18-21-9-7-15(22-18)16-10-12(17(24)25)6-8-20-16/h2-10H,11H2,1H3,(H,24,25). The van der Waals surface area contributed by atoms with Crippen LogP contribution in [0.1, 0.15) is 15.9 Å². The second-order valence-corrected chi connectivity index (χ2v) is 5.42. The quantitative estimate of drug-likeness (QED) is 0.770. The molecular weight excluding hydrogens is 323 g/mol. The van der Waals surface area contributed by atoms with E-state index < -0.39 is 5.97 Å². The molecule has 0 spiro atoms. The summed E-state index contributed by atoms with van der Waals surface area (Å²) in [4.78, 5) is 25.6. The topological polar surface area (TPSA) is 79.2 Å². The van der Waals surface area contributed by atoms with Gasteiger partial charge in [-0.3, -0.25) is 4.98 Å². The van der Waals surface area contributed by atoms with Gasteiger partial charge in [-0.1, -0.05) is 18.2 Å². The zero-order valence-electron chi connectivity index (χ0n) is 13.4. The molecule has 0 radical (unpaired) electrons. The molecule has 0 saturated carbocycles. The van der Waals surface area contributed by atoms with Crippen LogP contribution in [0, 0.1) is 5.82 Å². The van der Waals surface area contributed by atoms with Gasteiger partial charge in [0, 0.05) is 31.5 Å². The van der Waals surface area contributed by atoms with E-state index in [1.807, 2.05) is 0 Å². The zero-order chi connectivity index (χ0) is 17.8. The lowest BCUT2D eigenvalue weighted by Crippen LogP contribution is -2.20. The minimum Gasteiger partial charge on any atom is -0.478 e. The summed E-state index contributed by atoms with van der Waals surface area (Å²) in [6.45, 7) is 0.304. The van der Waals surface area contributed by atoms with E-state index in [2.05, 4.69) is 15.0 Å². The molecule has 0 fully saturated rings. The number of hydrogen-bond donors (Lipinski definition) is 1. The summed E-state index contributed by atoms with van der Waals surface area (Å²) in [5.41, 5.74) is 1.59. The largest absolute Gasteiger partial charge is 0.478 e. The van der Waals surface area contributed by atoms with E-state index in [1.165, 1.54) is 24.4 Å². The highest BCUT2D eigenvalue weighted by Gasteiger charge is 2.12. The number of nitrogens with zero attached hydrogens (tertiary/aromatic N) is 4. The lowest BCUT2D eigenvalue weighted by atomic mass is 10.2. The number of carbonyl (C=O) groups is 1. The number of carboxylic acid groups (broad SMARTS) is 1. The maximum Gasteiger partial charge on any atom is 0.335 e. The molecule has 25 heavy (non-hydrogen) atoms. The Kier molecular flexibility index (Phi) is 4.65. The number of hydrogen-bond acceptors (Lipinski definition) is 5. The van der Waals surface area contributed by atoms with Crippen molar-refractivity contribution in [1.82, 2.24) is 15.0 Å². The normalized spacial score (nSPS) is 10.5. The van der Waals surface area contributed by atoms with E-state index in [-0.39, 0.29) is 11.4 Å². The van der Waals surface area contributed by atoms with Crippen LogP contribution in [0.2, 0.25) is 0 Å². The number of aromatic nitrogens is 3. The summed E-state index contributed by atoms with van der Waals surface area (Å²) < 4.78 is 13.8. The van der Waals surface area contributed by atoms with Gasteiger partial charge in [0.1, 0.15) is 5.82 Å². The number of aromatic carboxylic acids is 1. The molecule has 0 atom stereocenters. The van der Waals surface area contributed by atoms with Crippen molar-refractivity contribution in [3.63, 3.8) is 0 Å². The highest BCUT2D eigenvalue weighted by molar-refractivity contribution is 5.88. The Morgan fingerprint density at radius 2 is 1.88 bits per heavy atom. The molecule has 3 rings (SSSR count). The van der Waals surface area contributed by atoms with Crippen molar-refractivity contribution in [2.45, 2.75) is 6.54 Å². The van der Waals surface area contributed by atoms with Crippen LogP contribution in [-0.4, -0.2) is 33.1 Å². The first-order chi connectivity index (χ1) is 12.0. The molecule has 2 aromatic heterocycles. The smallest absolute Gasteiger partial charge is 0.335 e. The van der Waals surface area contributed by atoms with Crippen LogP contribution in [0.5, 0.6) is 0 Å². The van der Waals surface area contributed by atoms with Crippen molar-refractivity contribution < 1.29 is 14.3 Å². The fourth-order valence-corrected chi connectivity index (χ4v) is 2.33. The van der Waals surface area contributed by atoms with E-state index in [4.69, 9.17) is 5.11 Å². The molecule has 0 bridgehead atoms. The second-order valence-electron chi connectivity index (χ2n) is 5.42. The van der Waals surface area contributed by atoms with Gasteiger partial charge in [0.2, 0.25) is 5.95 Å². The monoisotopic (exact) mass is 338 g/mol. The Bertz CT molecular complexity index is 917. The lowest BCUT2D eigenvalue weighted by Gasteiger charge is -2.17. The molecule has 0 unspecified atom stereocenters. The first-order valence-corrected chi connectivity index (χ1v) is 7.52. The average molecular weight is 338 g/mol. The van der Waals surface area contributed by atoms with Gasteiger partial charge in [-0.15, -0.1) is 0 Å². The average Bonchev–Trinajstić information content (AvgIpc) is 2.64. The van der Waals surface area contributed by atoms with E-state index >= 15 is 0 Å². The molecule has 0 amide bonds. The predicted octanol–water partition coefficient (Wildman–Crippen LogP) is 3.01. The van der Waals surface area contributed by atoms with Crippen LogP contribution in [0.25, 0.3) is 11.4 Å². The summed E-state index contributed by atoms with van der Waals surface area (Å²) >= 11 is 0. The van der Waals surface area contributed by atoms with E-state index in [0.29, 0.717) is 29.4 Å². The Hall–Kier alpha value is -3.35. The SMILES string of the molecule is CN(Cc1ccccc1F)c1nccc(-c2cc(C(=O)O)ccn2)n1. The van der Waals surface area contributed by atoms with Gasteiger partial charge in [0.25, 0.3) is 0 Å². The fourth-order valence-electron chi connectivity index (χ4n) is 2.33. The Morgan fingerprint density at radius 3 is 2.64 bits per heavy atom. The molecule has 1 N–H and O–H groups in total. The number of anilines is 1. The van der Waals surface area contributed by atoms with Crippen molar-refractivity contribution in [1.29, 1.82) is 0 Å². The van der Waals surface area contributed by atoms with Gasteiger partial charge in [0.05, 0.1) is 17.0 Å². The number of halogens is 1. The molecule has 1 aromatic carbocycles. The molecule has 126 valence electrons. The summed E-state index contributed by atoms with van der Waals surface area (Å²) in [5, 5.41) is 9.08. The third-order valence-corrected chi connectivity index (χ3v) is 3.62. The van der Waals surface area contributed by atoms with Gasteiger partial charge >= 0.3 is 5.97 Å². The molecule has 0 aliphatic heterocycles. The van der Waals surface area contributed by atoms with Crippen molar-refractivity contribution in [2.24, 2.45) is 0 Å². The molecule has 7 heteroatoms. The molecule has 0 aliphatic rings. The molecule has 2 heterocycles. The van der Waals surface area contributed by atoms with Crippen LogP contribution in [0.15, 0.2) is 54.9 Å². The minimum atomic E-state index is -1.03. The van der Waals surface area contributed by atoms with Crippen LogP contribution < -0.4 is 4.90 Å². The number of pyridine rings is 1. The van der Waals surface area contributed by atoms with Gasteiger partial charge in [0.15, 0.2) is 0 Å². The van der Waals surface area contributed by atoms with Crippen molar-refractivity contribution >= 4 is 11.9 Å². The summed E-state index contributed by atoms with van der Waals surface area (Å²) in [6.07, 6.45) is 2.98. The molecular formula is C18H15FN4O2. The van der Waals surface area contributed by atoms with Crippen LogP contribution in [-0.2, 0) is 6.54 Å². The first kappa shape index (κ1) is 16.5. The predicted molar refractivity (Wildman–Crippen MR) is 90.7 cm³/mol. The van der Waals surface area contributed by atoms with E-state index in [0.717, 1.165) is 0 Å². The molecule has 0 aliphatic carbocycles. The summed E-state index contributed by atoms with van der Waals surface area (Å²) in [5.74, 6) is -0.931. The van der Waals surface area contributed by atoms with Gasteiger partial charge in [-0.25, -0.2) is 19.2 Å². The van der Waals surface area contributed by atoms with Crippen LogP contribution >= 0.6 is 0 Å². The number of rotatable bonds is 5. The minimum absolute atomic E-state index is 0.130. The highest BCUT2D eigenvalue weighted by atomic mass is 19.1. The summed E-state index contributed by atoms with van der Waals surface area (Å²) in [6, 6.07) is 11.0. The Morgan fingerprint density at radius 1 is 1.12 bits per heavy atom. The first-order valence-electron chi connectivity index (χ1n) is 7.52. The zero-order valence-corrected chi connectivity index (χ0v) is 13.4. The van der Waals surface area contributed by atoms with Gasteiger partial charge < -0.3 is 10.0 Å². The number of carboxylic acids is 1. The van der Waals surface area contributed by atoms with E-state index in [1.54, 1.807) is 42.4 Å². The van der Waals surface area contributed by atoms with Crippen molar-refractivity contribution in [3.8, 4) is 11.4 Å². The Labute approximate surface area is 143 Å². The van der Waals surface area contributed by atoms with E-state index in [9.17, 15) is 9.18 Å². The highest BCUT2D eigenvalue weighted by Crippen LogP contribution is 2.19. The Balaban J connectivity index is 1.87. The second kappa shape index (κ2) is 7.04. The third kappa shape index (κ3) is 3.77. The lowest BCUT2D eigenvalue weighted by molar-refractivity contribution is 0.0697. The molecule has 0 saturated heterocycles. The number of benzene rings is 1. The van der Waals surface area contributed by atoms with Crippen molar-refractivity contribution in [2.75, 3.05) is 11.9 Å². The van der Waals surface area contributed by atoms with Crippen molar-refractivity contribution in [3.05, 3.63) is 71.8 Å². The summed E-state index contributed by atoms with van der Waals surface area (Å²) in [7, 11) is 1.76. The fraction of sp³-hybridized carbons (Fsp3) is 0.111. The third-order valence-electron chi connectivity index (χ3n) is 3.62. The maximum absolute atomic E-state index is 13.8. The van der Waals surface area contributed by atoms with Gasteiger partial charge in [-0.2, -0.15) is 0 Å². The maximum atomic E-state index is 13.8. The molecule has 6 nitrogen and oxygen atoms in total.